The summed E-state index contributed by atoms with van der Waals surface area (Å²) in [6.07, 6.45) is 2.32. The van der Waals surface area contributed by atoms with E-state index in [9.17, 15) is 4.79 Å². The number of likely N-dealkylation sites (tertiary alicyclic amines) is 1. The molecule has 0 saturated carbocycles. The van der Waals surface area contributed by atoms with Crippen LogP contribution in [0.1, 0.15) is 25.6 Å². The van der Waals surface area contributed by atoms with Gasteiger partial charge in [-0.2, -0.15) is 0 Å². The number of carbonyl (C=O) groups excluding carboxylic acids is 1. The molecule has 4 rings (SSSR count). The molecule has 5 heteroatoms. The van der Waals surface area contributed by atoms with Crippen LogP contribution in [0.3, 0.4) is 0 Å². The van der Waals surface area contributed by atoms with Crippen LogP contribution in [0.2, 0.25) is 0 Å². The van der Waals surface area contributed by atoms with Crippen LogP contribution in [-0.2, 0) is 17.8 Å². The summed E-state index contributed by atoms with van der Waals surface area (Å²) in [5, 5.41) is 0. The smallest absolute Gasteiger partial charge is 0.224 e. The third-order valence-corrected chi connectivity index (χ3v) is 5.14. The molecule has 1 aliphatic rings. The SMILES string of the molecule is CCc1nc2ccccc2n1CCC(=O)N1CCC(Oc2ccccc2)C1. The molecule has 0 N–H and O–H groups in total. The Kier molecular flexibility index (Phi) is 5.10. The lowest BCUT2D eigenvalue weighted by Gasteiger charge is -2.18. The number of hydrogen-bond donors (Lipinski definition) is 0. The quantitative estimate of drug-likeness (QED) is 0.671. The summed E-state index contributed by atoms with van der Waals surface area (Å²) in [4.78, 5) is 19.3. The van der Waals surface area contributed by atoms with Crippen LogP contribution in [-0.4, -0.2) is 39.6 Å². The summed E-state index contributed by atoms with van der Waals surface area (Å²) in [6, 6.07) is 17.9. The van der Waals surface area contributed by atoms with E-state index in [-0.39, 0.29) is 12.0 Å². The Balaban J connectivity index is 1.36. The first-order valence-electron chi connectivity index (χ1n) is 9.68. The molecule has 140 valence electrons. The van der Waals surface area contributed by atoms with Crippen molar-refractivity contribution in [2.75, 3.05) is 13.1 Å². The Hall–Kier alpha value is -2.82. The number of aromatic nitrogens is 2. The van der Waals surface area contributed by atoms with Crippen LogP contribution in [0.5, 0.6) is 5.75 Å². The summed E-state index contributed by atoms with van der Waals surface area (Å²) in [6.45, 7) is 4.20. The van der Waals surface area contributed by atoms with E-state index in [4.69, 9.17) is 4.74 Å². The Bertz CT molecular complexity index is 920. The lowest BCUT2D eigenvalue weighted by Crippen LogP contribution is -2.31. The third-order valence-electron chi connectivity index (χ3n) is 5.14. The molecule has 0 bridgehead atoms. The van der Waals surface area contributed by atoms with E-state index in [1.165, 1.54) is 0 Å². The van der Waals surface area contributed by atoms with Crippen molar-refractivity contribution in [3.05, 3.63) is 60.4 Å². The zero-order chi connectivity index (χ0) is 18.6. The Morgan fingerprint density at radius 1 is 1.15 bits per heavy atom. The van der Waals surface area contributed by atoms with E-state index in [0.29, 0.717) is 19.5 Å². The standard InChI is InChI=1S/C22H25N3O2/c1-2-21-23-19-10-6-7-11-20(19)25(21)15-13-22(26)24-14-12-18(16-24)27-17-8-4-3-5-9-17/h3-11,18H,2,12-16H2,1H3. The second-order valence-corrected chi connectivity index (χ2v) is 6.95. The highest BCUT2D eigenvalue weighted by Gasteiger charge is 2.27. The molecule has 1 aromatic heterocycles. The van der Waals surface area contributed by atoms with Gasteiger partial charge in [0.15, 0.2) is 0 Å². The van der Waals surface area contributed by atoms with E-state index in [2.05, 4.69) is 22.5 Å². The Morgan fingerprint density at radius 2 is 1.93 bits per heavy atom. The number of hydrogen-bond acceptors (Lipinski definition) is 3. The average molecular weight is 363 g/mol. The fourth-order valence-corrected chi connectivity index (χ4v) is 3.75. The minimum atomic E-state index is 0.0802. The molecule has 1 aliphatic heterocycles. The van der Waals surface area contributed by atoms with Crippen molar-refractivity contribution in [2.45, 2.75) is 38.8 Å². The van der Waals surface area contributed by atoms with Crippen LogP contribution in [0.4, 0.5) is 0 Å². The predicted molar refractivity (Wildman–Crippen MR) is 106 cm³/mol. The third kappa shape index (κ3) is 3.82. The van der Waals surface area contributed by atoms with E-state index in [0.717, 1.165) is 42.0 Å². The maximum atomic E-state index is 12.7. The fraction of sp³-hybridized carbons (Fsp3) is 0.364. The number of carbonyl (C=O) groups is 1. The van der Waals surface area contributed by atoms with Crippen molar-refractivity contribution < 1.29 is 9.53 Å². The van der Waals surface area contributed by atoms with Crippen molar-refractivity contribution in [1.82, 2.24) is 14.5 Å². The van der Waals surface area contributed by atoms with E-state index < -0.39 is 0 Å². The largest absolute Gasteiger partial charge is 0.489 e. The monoisotopic (exact) mass is 363 g/mol. The molecule has 1 atom stereocenters. The maximum absolute atomic E-state index is 12.7. The van der Waals surface area contributed by atoms with Crippen LogP contribution in [0.15, 0.2) is 54.6 Å². The molecule has 1 fully saturated rings. The molecule has 1 unspecified atom stereocenters. The van der Waals surface area contributed by atoms with Gasteiger partial charge >= 0.3 is 0 Å². The number of ether oxygens (including phenoxy) is 1. The molecule has 0 radical (unpaired) electrons. The highest BCUT2D eigenvalue weighted by Crippen LogP contribution is 2.20. The van der Waals surface area contributed by atoms with Gasteiger partial charge in [0.05, 0.1) is 17.6 Å². The molecule has 0 aliphatic carbocycles. The molecule has 1 saturated heterocycles. The number of benzene rings is 2. The summed E-state index contributed by atoms with van der Waals surface area (Å²) in [7, 11) is 0. The highest BCUT2D eigenvalue weighted by molar-refractivity contribution is 5.78. The van der Waals surface area contributed by atoms with Crippen molar-refractivity contribution in [1.29, 1.82) is 0 Å². The maximum Gasteiger partial charge on any atom is 0.224 e. The normalized spacial score (nSPS) is 16.8. The van der Waals surface area contributed by atoms with Gasteiger partial charge in [-0.3, -0.25) is 4.79 Å². The predicted octanol–water partition coefficient (Wildman–Crippen LogP) is 3.67. The molecular formula is C22H25N3O2. The van der Waals surface area contributed by atoms with Gasteiger partial charge in [0.2, 0.25) is 5.91 Å². The summed E-state index contributed by atoms with van der Waals surface area (Å²) in [5.41, 5.74) is 2.10. The number of imidazole rings is 1. The molecule has 1 amide bonds. The number of amides is 1. The van der Waals surface area contributed by atoms with Crippen LogP contribution < -0.4 is 4.74 Å². The first-order chi connectivity index (χ1) is 13.2. The minimum absolute atomic E-state index is 0.0802. The lowest BCUT2D eigenvalue weighted by molar-refractivity contribution is -0.130. The topological polar surface area (TPSA) is 47.4 Å². The first-order valence-corrected chi connectivity index (χ1v) is 9.68. The van der Waals surface area contributed by atoms with Gasteiger partial charge in [-0.1, -0.05) is 37.3 Å². The zero-order valence-corrected chi connectivity index (χ0v) is 15.7. The van der Waals surface area contributed by atoms with Crippen LogP contribution >= 0.6 is 0 Å². The lowest BCUT2D eigenvalue weighted by atomic mass is 10.3. The summed E-state index contributed by atoms with van der Waals surface area (Å²) in [5.74, 6) is 2.10. The average Bonchev–Trinajstić information content (AvgIpc) is 3.31. The molecule has 0 spiro atoms. The van der Waals surface area contributed by atoms with E-state index >= 15 is 0 Å². The number of fused-ring (bicyclic) bond motifs is 1. The molecule has 27 heavy (non-hydrogen) atoms. The molecular weight excluding hydrogens is 338 g/mol. The van der Waals surface area contributed by atoms with E-state index in [1.807, 2.05) is 53.4 Å². The van der Waals surface area contributed by atoms with Crippen LogP contribution in [0, 0.1) is 0 Å². The minimum Gasteiger partial charge on any atom is -0.489 e. The first kappa shape index (κ1) is 17.6. The van der Waals surface area contributed by atoms with Gasteiger partial charge in [0, 0.05) is 32.4 Å². The second-order valence-electron chi connectivity index (χ2n) is 6.95. The zero-order valence-electron chi connectivity index (χ0n) is 15.7. The Morgan fingerprint density at radius 3 is 2.74 bits per heavy atom. The van der Waals surface area contributed by atoms with Crippen molar-refractivity contribution in [2.24, 2.45) is 0 Å². The van der Waals surface area contributed by atoms with Gasteiger partial charge in [0.25, 0.3) is 0 Å². The molecule has 5 nitrogen and oxygen atoms in total. The van der Waals surface area contributed by atoms with Crippen molar-refractivity contribution >= 4 is 16.9 Å². The van der Waals surface area contributed by atoms with Gasteiger partial charge in [0.1, 0.15) is 17.7 Å². The van der Waals surface area contributed by atoms with Crippen LogP contribution in [0.25, 0.3) is 11.0 Å². The van der Waals surface area contributed by atoms with Gasteiger partial charge in [-0.25, -0.2) is 4.98 Å². The number of para-hydroxylation sites is 3. The number of aryl methyl sites for hydroxylation is 2. The number of nitrogens with zero attached hydrogens (tertiary/aromatic N) is 3. The summed E-state index contributed by atoms with van der Waals surface area (Å²) >= 11 is 0. The molecule has 2 aromatic carbocycles. The number of rotatable bonds is 6. The molecule has 2 heterocycles. The van der Waals surface area contributed by atoms with Crippen molar-refractivity contribution in [3.8, 4) is 5.75 Å². The molecule has 3 aromatic rings. The van der Waals surface area contributed by atoms with E-state index in [1.54, 1.807) is 0 Å². The van der Waals surface area contributed by atoms with Gasteiger partial charge in [-0.15, -0.1) is 0 Å². The van der Waals surface area contributed by atoms with Gasteiger partial charge < -0.3 is 14.2 Å². The highest BCUT2D eigenvalue weighted by atomic mass is 16.5. The summed E-state index contributed by atoms with van der Waals surface area (Å²) < 4.78 is 8.17. The van der Waals surface area contributed by atoms with Crippen molar-refractivity contribution in [3.63, 3.8) is 0 Å². The van der Waals surface area contributed by atoms with Gasteiger partial charge in [-0.05, 0) is 24.3 Å². The fourth-order valence-electron chi connectivity index (χ4n) is 3.75. The Labute approximate surface area is 159 Å². The second kappa shape index (κ2) is 7.82.